The van der Waals surface area contributed by atoms with E-state index in [0.717, 1.165) is 41.5 Å². The number of methoxy groups -OCH3 is 2. The van der Waals surface area contributed by atoms with Gasteiger partial charge in [-0.3, -0.25) is 9.69 Å². The number of hydrogen-bond donors (Lipinski definition) is 0. The van der Waals surface area contributed by atoms with Crippen LogP contribution in [0.3, 0.4) is 0 Å². The average Bonchev–Trinajstić information content (AvgIpc) is 3.39. The number of nitrogens with zero attached hydrogens (tertiary/aromatic N) is 3. The molecule has 156 valence electrons. The lowest BCUT2D eigenvalue weighted by atomic mass is 10.1. The summed E-state index contributed by atoms with van der Waals surface area (Å²) in [5, 5.41) is 0.650. The van der Waals surface area contributed by atoms with Crippen molar-refractivity contribution in [1.29, 1.82) is 0 Å². The van der Waals surface area contributed by atoms with Crippen LogP contribution in [0.5, 0.6) is 11.5 Å². The van der Waals surface area contributed by atoms with E-state index in [1.54, 1.807) is 26.2 Å². The van der Waals surface area contributed by atoms with Gasteiger partial charge >= 0.3 is 0 Å². The van der Waals surface area contributed by atoms with E-state index in [1.807, 2.05) is 48.5 Å². The minimum absolute atomic E-state index is 0.0840. The molecule has 2 heterocycles. The van der Waals surface area contributed by atoms with Crippen LogP contribution < -0.4 is 14.4 Å². The Balaban J connectivity index is 1.68. The lowest BCUT2D eigenvalue weighted by Gasteiger charge is -2.22. The predicted molar refractivity (Wildman–Crippen MR) is 123 cm³/mol. The van der Waals surface area contributed by atoms with Gasteiger partial charge in [-0.05, 0) is 48.9 Å². The van der Waals surface area contributed by atoms with Crippen molar-refractivity contribution in [2.24, 2.45) is 4.99 Å². The fourth-order valence-electron chi connectivity index (χ4n) is 3.63. The van der Waals surface area contributed by atoms with Gasteiger partial charge in [0.05, 0.1) is 30.5 Å². The highest BCUT2D eigenvalue weighted by molar-refractivity contribution is 8.18. The Labute approximate surface area is 181 Å². The number of amides is 1. The van der Waals surface area contributed by atoms with Gasteiger partial charge in [0.25, 0.3) is 5.91 Å². The first-order chi connectivity index (χ1) is 14.6. The highest BCUT2D eigenvalue weighted by Crippen LogP contribution is 2.40. The number of likely N-dealkylation sites (N-methyl/N-ethyl adjacent to an activating group) is 1. The van der Waals surface area contributed by atoms with E-state index in [-0.39, 0.29) is 5.91 Å². The van der Waals surface area contributed by atoms with E-state index in [4.69, 9.17) is 9.47 Å². The predicted octanol–water partition coefficient (Wildman–Crippen LogP) is 4.54. The van der Waals surface area contributed by atoms with Gasteiger partial charge in [-0.2, -0.15) is 0 Å². The number of aliphatic imine (C=N–C) groups is 1. The molecule has 4 rings (SSSR count). The molecule has 0 N–H and O–H groups in total. The van der Waals surface area contributed by atoms with E-state index < -0.39 is 0 Å². The van der Waals surface area contributed by atoms with Gasteiger partial charge in [-0.25, -0.2) is 4.99 Å². The van der Waals surface area contributed by atoms with Crippen LogP contribution in [0.1, 0.15) is 18.4 Å². The molecule has 0 unspecified atom stereocenters. The minimum atomic E-state index is -0.0840. The lowest BCUT2D eigenvalue weighted by molar-refractivity contribution is -0.121. The Morgan fingerprint density at radius 3 is 2.40 bits per heavy atom. The van der Waals surface area contributed by atoms with Gasteiger partial charge in [0.1, 0.15) is 11.5 Å². The topological polar surface area (TPSA) is 54.4 Å². The summed E-state index contributed by atoms with van der Waals surface area (Å²) in [6.07, 6.45) is 4.21. The van der Waals surface area contributed by atoms with Crippen LogP contribution in [-0.2, 0) is 4.79 Å². The molecule has 2 aliphatic rings. The number of ether oxygens (including phenoxy) is 2. The number of hydrogen-bond acceptors (Lipinski definition) is 6. The number of amidine groups is 1. The Bertz CT molecular complexity index is 998. The first-order valence-corrected chi connectivity index (χ1v) is 10.7. The van der Waals surface area contributed by atoms with Gasteiger partial charge in [-0.15, -0.1) is 0 Å². The summed E-state index contributed by atoms with van der Waals surface area (Å²) in [5.74, 6) is 1.42. The highest BCUT2D eigenvalue weighted by Gasteiger charge is 2.31. The molecule has 7 heteroatoms. The molecule has 0 aliphatic carbocycles. The summed E-state index contributed by atoms with van der Waals surface area (Å²) < 4.78 is 11.3. The number of carbonyl (C=O) groups is 1. The molecular formula is C23H25N3O3S. The molecule has 2 fully saturated rings. The number of anilines is 1. The molecule has 0 saturated carbocycles. The molecule has 1 amide bonds. The summed E-state index contributed by atoms with van der Waals surface area (Å²) in [6, 6.07) is 13.6. The maximum Gasteiger partial charge on any atom is 0.266 e. The zero-order chi connectivity index (χ0) is 21.1. The SMILES string of the molecule is COc1cc(N2CCCC2)c(OC)cc1/C=C1\SC(=Nc2ccccc2)N(C)C1=O. The van der Waals surface area contributed by atoms with Crippen LogP contribution >= 0.6 is 11.8 Å². The van der Waals surface area contributed by atoms with Crippen molar-refractivity contribution in [2.45, 2.75) is 12.8 Å². The van der Waals surface area contributed by atoms with E-state index in [2.05, 4.69) is 9.89 Å². The molecule has 0 atom stereocenters. The van der Waals surface area contributed by atoms with E-state index in [0.29, 0.717) is 10.1 Å². The maximum atomic E-state index is 12.8. The second-order valence-electron chi connectivity index (χ2n) is 7.16. The fraction of sp³-hybridized carbons (Fsp3) is 0.304. The summed E-state index contributed by atoms with van der Waals surface area (Å²) in [6.45, 7) is 2.02. The van der Waals surface area contributed by atoms with Gasteiger partial charge < -0.3 is 14.4 Å². The quantitative estimate of drug-likeness (QED) is 0.661. The molecule has 6 nitrogen and oxygen atoms in total. The summed E-state index contributed by atoms with van der Waals surface area (Å²) in [7, 11) is 5.06. The lowest BCUT2D eigenvalue weighted by Crippen LogP contribution is -2.23. The normalized spacial score (nSPS) is 19.2. The van der Waals surface area contributed by atoms with Gasteiger partial charge in [0, 0.05) is 31.8 Å². The van der Waals surface area contributed by atoms with Crippen molar-refractivity contribution in [3.63, 3.8) is 0 Å². The third-order valence-electron chi connectivity index (χ3n) is 5.25. The van der Waals surface area contributed by atoms with Crippen LogP contribution in [0.25, 0.3) is 6.08 Å². The van der Waals surface area contributed by atoms with Crippen molar-refractivity contribution >= 4 is 40.3 Å². The van der Waals surface area contributed by atoms with Crippen molar-refractivity contribution in [3.8, 4) is 11.5 Å². The van der Waals surface area contributed by atoms with Crippen LogP contribution in [0.4, 0.5) is 11.4 Å². The molecule has 0 spiro atoms. The maximum absolute atomic E-state index is 12.8. The van der Waals surface area contributed by atoms with Crippen molar-refractivity contribution < 1.29 is 14.3 Å². The standard InChI is InChI=1S/C23H25N3O3S/c1-25-22(27)21(30-23(25)24-17-9-5-4-6-10-17)14-16-13-20(29-3)18(15-19(16)28-2)26-11-7-8-12-26/h4-6,9-10,13-15H,7-8,11-12H2,1-3H3/b21-14-,24-23?. The zero-order valence-corrected chi connectivity index (χ0v) is 18.2. The Morgan fingerprint density at radius 1 is 1.03 bits per heavy atom. The largest absolute Gasteiger partial charge is 0.496 e. The van der Waals surface area contributed by atoms with Gasteiger partial charge in [0.2, 0.25) is 0 Å². The van der Waals surface area contributed by atoms with Crippen LogP contribution in [0.2, 0.25) is 0 Å². The van der Waals surface area contributed by atoms with E-state index in [9.17, 15) is 4.79 Å². The smallest absolute Gasteiger partial charge is 0.266 e. The van der Waals surface area contributed by atoms with Crippen molar-refractivity contribution in [1.82, 2.24) is 4.90 Å². The van der Waals surface area contributed by atoms with Crippen LogP contribution in [0, 0.1) is 0 Å². The fourth-order valence-corrected chi connectivity index (χ4v) is 4.61. The first-order valence-electron chi connectivity index (χ1n) is 9.93. The van der Waals surface area contributed by atoms with Crippen molar-refractivity contribution in [2.75, 3.05) is 39.3 Å². The molecule has 2 saturated heterocycles. The van der Waals surface area contributed by atoms with E-state index >= 15 is 0 Å². The average molecular weight is 424 g/mol. The van der Waals surface area contributed by atoms with Gasteiger partial charge in [-0.1, -0.05) is 18.2 Å². The number of benzene rings is 2. The third-order valence-corrected chi connectivity index (χ3v) is 6.31. The molecular weight excluding hydrogens is 398 g/mol. The Kier molecular flexibility index (Phi) is 5.99. The molecule has 2 aromatic rings. The van der Waals surface area contributed by atoms with Crippen molar-refractivity contribution in [3.05, 3.63) is 52.9 Å². The molecule has 0 bridgehead atoms. The van der Waals surface area contributed by atoms with Crippen LogP contribution in [-0.4, -0.2) is 50.3 Å². The Morgan fingerprint density at radius 2 is 1.73 bits per heavy atom. The number of carbonyl (C=O) groups excluding carboxylic acids is 1. The second-order valence-corrected chi connectivity index (χ2v) is 8.17. The number of thioether (sulfide) groups is 1. The van der Waals surface area contributed by atoms with Gasteiger partial charge in [0.15, 0.2) is 5.17 Å². The molecule has 2 aromatic carbocycles. The van der Waals surface area contributed by atoms with Crippen LogP contribution in [0.15, 0.2) is 52.4 Å². The molecule has 30 heavy (non-hydrogen) atoms. The first kappa shape index (κ1) is 20.3. The Hall–Kier alpha value is -2.93. The number of rotatable bonds is 5. The summed E-state index contributed by atoms with van der Waals surface area (Å²) in [4.78, 5) is 21.9. The third kappa shape index (κ3) is 4.03. The zero-order valence-electron chi connectivity index (χ0n) is 17.4. The summed E-state index contributed by atoms with van der Waals surface area (Å²) in [5.41, 5.74) is 2.65. The summed E-state index contributed by atoms with van der Waals surface area (Å²) >= 11 is 1.36. The monoisotopic (exact) mass is 423 g/mol. The molecule has 0 radical (unpaired) electrons. The number of para-hydroxylation sites is 1. The van der Waals surface area contributed by atoms with E-state index in [1.165, 1.54) is 24.6 Å². The second kappa shape index (κ2) is 8.83. The molecule has 0 aromatic heterocycles. The highest BCUT2D eigenvalue weighted by atomic mass is 32.2. The molecule has 2 aliphatic heterocycles. The minimum Gasteiger partial charge on any atom is -0.496 e.